The van der Waals surface area contributed by atoms with Crippen LogP contribution < -0.4 is 21.7 Å². The van der Waals surface area contributed by atoms with Gasteiger partial charge in [-0.3, -0.25) is 28.9 Å². The van der Waals surface area contributed by atoms with E-state index >= 15 is 0 Å². The van der Waals surface area contributed by atoms with Crippen molar-refractivity contribution in [3.05, 3.63) is 29.8 Å². The summed E-state index contributed by atoms with van der Waals surface area (Å²) in [7, 11) is 8.39. The smallest absolute Gasteiger partial charge is 0.257 e. The average molecular weight is 785 g/mol. The maximum Gasteiger partial charge on any atom is 0.257 e. The van der Waals surface area contributed by atoms with Crippen LogP contribution in [0, 0.1) is 35.0 Å². The summed E-state index contributed by atoms with van der Waals surface area (Å²) in [5.74, 6) is -2.96. The number of carbonyl (C=O) groups is 5. The Hall–Kier alpha value is -4.26. The summed E-state index contributed by atoms with van der Waals surface area (Å²) in [5, 5.41) is 18.0. The number of ether oxygens (including phenoxy) is 2. The van der Waals surface area contributed by atoms with E-state index in [9.17, 15) is 29.2 Å². The molecule has 5 amide bonds. The second-order valence-corrected chi connectivity index (χ2v) is 16.0. The predicted molar refractivity (Wildman–Crippen MR) is 215 cm³/mol. The molecule has 1 saturated heterocycles. The number of likely N-dealkylation sites (N-methyl/N-ethyl adjacent to an activating group) is 2. The predicted octanol–water partition coefficient (Wildman–Crippen LogP) is 2.54. The quantitative estimate of drug-likeness (QED) is 0.134. The summed E-state index contributed by atoms with van der Waals surface area (Å²) < 4.78 is 11.8. The van der Waals surface area contributed by atoms with E-state index in [1.807, 2.05) is 66.6 Å². The molecule has 1 aromatic rings. The second kappa shape index (κ2) is 22.5. The van der Waals surface area contributed by atoms with Crippen molar-refractivity contribution in [2.75, 3.05) is 47.6 Å². The van der Waals surface area contributed by atoms with Crippen molar-refractivity contribution < 1.29 is 33.4 Å². The minimum Gasteiger partial charge on any atom is -0.399 e. The van der Waals surface area contributed by atoms with Gasteiger partial charge in [0.25, 0.3) is 5.91 Å². The summed E-state index contributed by atoms with van der Waals surface area (Å²) >= 11 is 0. The molecule has 2 rings (SSSR count). The standard InChI is InChI=1S/C41H68N8O7/c1-13-26(6)36(48(10)41(54)34(24(2)3)46-40(53)35(25(4)5)47(8)9)32(55-11)21-33(50)49-20-14-15-31(49)37(56-12)27(7)38(51)45-30(22-42)39(52)44-23-28-16-18-29(43)19-17-28/h16-19,24-27,30-32,34-37H,13-15,20-21,23,43H2,1-12H3,(H,44,52)(H,45,51)(H,46,53)/t26-,27+,30-,31-,32+,34-,35-,36-,37+/m0/s1. The molecule has 1 aliphatic rings. The van der Waals surface area contributed by atoms with Crippen molar-refractivity contribution in [3.8, 4) is 6.07 Å². The first kappa shape index (κ1) is 47.9. The van der Waals surface area contributed by atoms with Crippen LogP contribution in [0.3, 0.4) is 0 Å². The lowest BCUT2D eigenvalue weighted by molar-refractivity contribution is -0.148. The van der Waals surface area contributed by atoms with Gasteiger partial charge in [-0.1, -0.05) is 67.0 Å². The number of nitrogens with zero attached hydrogens (tertiary/aromatic N) is 4. The highest BCUT2D eigenvalue weighted by Gasteiger charge is 2.43. The molecule has 0 bridgehead atoms. The Morgan fingerprint density at radius 3 is 2.05 bits per heavy atom. The number of methoxy groups -OCH3 is 2. The Bertz CT molecular complexity index is 1490. The molecule has 1 fully saturated rings. The van der Waals surface area contributed by atoms with Gasteiger partial charge in [0.1, 0.15) is 6.04 Å². The molecule has 56 heavy (non-hydrogen) atoms. The topological polar surface area (TPSA) is 199 Å². The number of nitrogen functional groups attached to an aromatic ring is 1. The molecule has 0 saturated carbocycles. The van der Waals surface area contributed by atoms with Crippen LogP contribution in [-0.2, 0) is 40.0 Å². The largest absolute Gasteiger partial charge is 0.399 e. The van der Waals surface area contributed by atoms with Gasteiger partial charge in [-0.15, -0.1) is 0 Å². The van der Waals surface area contributed by atoms with Crippen molar-refractivity contribution in [1.29, 1.82) is 5.26 Å². The monoisotopic (exact) mass is 785 g/mol. The molecule has 1 aromatic carbocycles. The molecule has 9 atom stereocenters. The van der Waals surface area contributed by atoms with E-state index in [0.29, 0.717) is 31.5 Å². The van der Waals surface area contributed by atoms with E-state index in [1.54, 1.807) is 48.0 Å². The van der Waals surface area contributed by atoms with Crippen molar-refractivity contribution in [2.45, 2.75) is 123 Å². The first-order valence-electron chi connectivity index (χ1n) is 19.7. The number of anilines is 1. The Balaban J connectivity index is 2.23. The van der Waals surface area contributed by atoms with Crippen LogP contribution >= 0.6 is 0 Å². The lowest BCUT2D eigenvalue weighted by Gasteiger charge is -2.41. The van der Waals surface area contributed by atoms with E-state index in [2.05, 4.69) is 16.0 Å². The van der Waals surface area contributed by atoms with E-state index in [0.717, 1.165) is 5.56 Å². The first-order chi connectivity index (χ1) is 26.3. The van der Waals surface area contributed by atoms with Gasteiger partial charge in [-0.05, 0) is 62.4 Å². The molecule has 0 unspecified atom stereocenters. The maximum absolute atomic E-state index is 14.2. The summed E-state index contributed by atoms with van der Waals surface area (Å²) in [5.41, 5.74) is 7.09. The third kappa shape index (κ3) is 12.6. The third-order valence-corrected chi connectivity index (χ3v) is 11.1. The molecule has 1 aliphatic heterocycles. The highest BCUT2D eigenvalue weighted by atomic mass is 16.5. The van der Waals surface area contributed by atoms with E-state index < -0.39 is 60.1 Å². The molecular weight excluding hydrogens is 716 g/mol. The van der Waals surface area contributed by atoms with Gasteiger partial charge < -0.3 is 41.0 Å². The lowest BCUT2D eigenvalue weighted by Crippen LogP contribution is -2.59. The Kier molecular flexibility index (Phi) is 19.2. The van der Waals surface area contributed by atoms with E-state index in [4.69, 9.17) is 15.2 Å². The van der Waals surface area contributed by atoms with Gasteiger partial charge in [-0.25, -0.2) is 0 Å². The van der Waals surface area contributed by atoms with Crippen LogP contribution in [0.25, 0.3) is 0 Å². The highest BCUT2D eigenvalue weighted by Crippen LogP contribution is 2.30. The lowest BCUT2D eigenvalue weighted by atomic mass is 9.89. The van der Waals surface area contributed by atoms with Gasteiger partial charge >= 0.3 is 0 Å². The van der Waals surface area contributed by atoms with E-state index in [1.165, 1.54) is 14.2 Å². The summed E-state index contributed by atoms with van der Waals surface area (Å²) in [6.07, 6.45) is 0.530. The molecule has 1 heterocycles. The molecule has 0 aliphatic carbocycles. The van der Waals surface area contributed by atoms with Crippen LogP contribution in [0.5, 0.6) is 0 Å². The van der Waals surface area contributed by atoms with Crippen LogP contribution in [0.1, 0.15) is 79.7 Å². The number of nitriles is 1. The number of rotatable bonds is 21. The Morgan fingerprint density at radius 1 is 0.929 bits per heavy atom. The van der Waals surface area contributed by atoms with Gasteiger partial charge in [0.05, 0.1) is 48.7 Å². The van der Waals surface area contributed by atoms with Crippen molar-refractivity contribution in [2.24, 2.45) is 23.7 Å². The Labute approximate surface area is 334 Å². The molecule has 5 N–H and O–H groups in total. The number of likely N-dealkylation sites (tertiary alicyclic amines) is 1. The SMILES string of the molecule is CC[C@H](C)[C@@H]([C@@H](CC(=O)N1CCC[C@H]1[C@H](OC)[C@@H](C)C(=O)N[C@@H](C#N)C(=O)NCc1ccc(N)cc1)OC)N(C)C(=O)[C@@H](NC(=O)[C@H](C(C)C)N(C)C)C(C)C. The fourth-order valence-electron chi connectivity index (χ4n) is 7.77. The zero-order chi connectivity index (χ0) is 42.4. The number of benzene rings is 1. The fourth-order valence-corrected chi connectivity index (χ4v) is 7.77. The maximum atomic E-state index is 14.2. The normalized spacial score (nSPS) is 18.6. The number of hydrogen-bond acceptors (Lipinski definition) is 10. The van der Waals surface area contributed by atoms with E-state index in [-0.39, 0.29) is 48.4 Å². The van der Waals surface area contributed by atoms with Gasteiger partial charge in [0.15, 0.2) is 6.04 Å². The Morgan fingerprint density at radius 2 is 1.55 bits per heavy atom. The average Bonchev–Trinajstić information content (AvgIpc) is 3.64. The molecule has 15 heteroatoms. The second-order valence-electron chi connectivity index (χ2n) is 16.0. The molecule has 0 aromatic heterocycles. The number of carbonyl (C=O) groups excluding carboxylic acids is 5. The van der Waals surface area contributed by atoms with Crippen LogP contribution in [0.15, 0.2) is 24.3 Å². The molecule has 0 radical (unpaired) electrons. The van der Waals surface area contributed by atoms with Crippen LogP contribution in [-0.4, -0.2) is 129 Å². The highest BCUT2D eigenvalue weighted by molar-refractivity contribution is 5.91. The number of nitrogens with two attached hydrogens (primary N) is 1. The summed E-state index contributed by atoms with van der Waals surface area (Å²) in [6.45, 7) is 14.0. The van der Waals surface area contributed by atoms with Crippen LogP contribution in [0.2, 0.25) is 0 Å². The van der Waals surface area contributed by atoms with Gasteiger partial charge in [0.2, 0.25) is 23.6 Å². The molecule has 0 spiro atoms. The molecule has 15 nitrogen and oxygen atoms in total. The van der Waals surface area contributed by atoms with Crippen molar-refractivity contribution >= 4 is 35.2 Å². The van der Waals surface area contributed by atoms with Gasteiger partial charge in [0, 0.05) is 40.0 Å². The third-order valence-electron chi connectivity index (χ3n) is 11.1. The summed E-state index contributed by atoms with van der Waals surface area (Å²) in [4.78, 5) is 73.3. The fraction of sp³-hybridized carbons (Fsp3) is 0.707. The zero-order valence-electron chi connectivity index (χ0n) is 35.6. The van der Waals surface area contributed by atoms with Crippen molar-refractivity contribution in [1.82, 2.24) is 30.7 Å². The zero-order valence-corrected chi connectivity index (χ0v) is 35.6. The number of amides is 5. The van der Waals surface area contributed by atoms with Crippen LogP contribution in [0.4, 0.5) is 5.69 Å². The van der Waals surface area contributed by atoms with Gasteiger partial charge in [-0.2, -0.15) is 5.26 Å². The minimum atomic E-state index is -1.44. The molecule has 314 valence electrons. The van der Waals surface area contributed by atoms with Crippen molar-refractivity contribution in [3.63, 3.8) is 0 Å². The summed E-state index contributed by atoms with van der Waals surface area (Å²) in [6, 6.07) is 5.18. The molecular formula is C41H68N8O7. The minimum absolute atomic E-state index is 0.0272. The first-order valence-corrected chi connectivity index (χ1v) is 19.7. The number of hydrogen-bond donors (Lipinski definition) is 4. The number of nitrogens with one attached hydrogen (secondary N) is 3.